The van der Waals surface area contributed by atoms with E-state index in [-0.39, 0.29) is 16.9 Å². The van der Waals surface area contributed by atoms with Crippen LogP contribution in [0.15, 0.2) is 46.9 Å². The molecule has 0 saturated carbocycles. The highest BCUT2D eigenvalue weighted by Crippen LogP contribution is 2.23. The number of nitrogens with zero attached hydrogens (tertiary/aromatic N) is 1. The molecule has 0 unspecified atom stereocenters. The van der Waals surface area contributed by atoms with Gasteiger partial charge < -0.3 is 11.1 Å². The van der Waals surface area contributed by atoms with Gasteiger partial charge in [0.1, 0.15) is 5.56 Å². The van der Waals surface area contributed by atoms with Gasteiger partial charge in [-0.25, -0.2) is 0 Å². The van der Waals surface area contributed by atoms with Crippen LogP contribution >= 0.6 is 15.9 Å². The Kier molecular flexibility index (Phi) is 3.99. The van der Waals surface area contributed by atoms with Crippen LogP contribution in [0.4, 0.5) is 17.1 Å². The van der Waals surface area contributed by atoms with E-state index in [9.17, 15) is 14.9 Å². The maximum absolute atomic E-state index is 12.1. The number of hydrogen-bond acceptors (Lipinski definition) is 4. The summed E-state index contributed by atoms with van der Waals surface area (Å²) in [5.74, 6) is -0.577. The Hall–Kier alpha value is -2.41. The van der Waals surface area contributed by atoms with E-state index in [1.54, 1.807) is 24.3 Å². The van der Waals surface area contributed by atoms with Crippen LogP contribution in [-0.4, -0.2) is 10.8 Å². The predicted molar refractivity (Wildman–Crippen MR) is 79.6 cm³/mol. The van der Waals surface area contributed by atoms with E-state index in [0.717, 1.165) is 4.47 Å². The van der Waals surface area contributed by atoms with E-state index in [4.69, 9.17) is 5.73 Å². The first kappa shape index (κ1) is 14.0. The molecule has 20 heavy (non-hydrogen) atoms. The molecular formula is C13H10BrN3O3. The molecule has 0 atom stereocenters. The second-order valence-electron chi connectivity index (χ2n) is 3.99. The van der Waals surface area contributed by atoms with Crippen LogP contribution in [0.2, 0.25) is 0 Å². The summed E-state index contributed by atoms with van der Waals surface area (Å²) < 4.78 is 0.866. The molecule has 6 nitrogen and oxygen atoms in total. The summed E-state index contributed by atoms with van der Waals surface area (Å²) in [6.45, 7) is 0. The van der Waals surface area contributed by atoms with Crippen molar-refractivity contribution >= 4 is 38.9 Å². The molecular weight excluding hydrogens is 326 g/mol. The summed E-state index contributed by atoms with van der Waals surface area (Å²) in [6.07, 6.45) is 0. The molecule has 0 radical (unpaired) electrons. The number of nitrogens with one attached hydrogen (secondary N) is 1. The highest BCUT2D eigenvalue weighted by molar-refractivity contribution is 9.10. The van der Waals surface area contributed by atoms with Gasteiger partial charge in [-0.3, -0.25) is 14.9 Å². The number of hydrogen-bond donors (Lipinski definition) is 2. The van der Waals surface area contributed by atoms with E-state index >= 15 is 0 Å². The Balaban J connectivity index is 2.31. The molecule has 102 valence electrons. The third kappa shape index (κ3) is 3.12. The van der Waals surface area contributed by atoms with Gasteiger partial charge in [0, 0.05) is 21.9 Å². The maximum atomic E-state index is 12.1. The molecule has 0 bridgehead atoms. The lowest BCUT2D eigenvalue weighted by molar-refractivity contribution is -0.385. The summed E-state index contributed by atoms with van der Waals surface area (Å²) in [7, 11) is 0. The zero-order chi connectivity index (χ0) is 14.7. The number of amides is 1. The van der Waals surface area contributed by atoms with E-state index in [1.165, 1.54) is 18.2 Å². The van der Waals surface area contributed by atoms with Crippen LogP contribution in [-0.2, 0) is 0 Å². The predicted octanol–water partition coefficient (Wildman–Crippen LogP) is 3.19. The highest BCUT2D eigenvalue weighted by Gasteiger charge is 2.20. The van der Waals surface area contributed by atoms with Gasteiger partial charge >= 0.3 is 0 Å². The lowest BCUT2D eigenvalue weighted by atomic mass is 10.1. The largest absolute Gasteiger partial charge is 0.399 e. The maximum Gasteiger partial charge on any atom is 0.282 e. The Morgan fingerprint density at radius 1 is 1.20 bits per heavy atom. The van der Waals surface area contributed by atoms with Gasteiger partial charge in [-0.2, -0.15) is 0 Å². The van der Waals surface area contributed by atoms with Crippen LogP contribution in [0.25, 0.3) is 0 Å². The average Bonchev–Trinajstić information content (AvgIpc) is 2.41. The molecule has 0 aliphatic rings. The quantitative estimate of drug-likeness (QED) is 0.511. The van der Waals surface area contributed by atoms with Crippen molar-refractivity contribution in [3.63, 3.8) is 0 Å². The van der Waals surface area contributed by atoms with Gasteiger partial charge in [0.05, 0.1) is 4.92 Å². The summed E-state index contributed by atoms with van der Waals surface area (Å²) in [5.41, 5.74) is 6.04. The first-order valence-corrected chi connectivity index (χ1v) is 6.37. The van der Waals surface area contributed by atoms with Crippen molar-refractivity contribution in [3.8, 4) is 0 Å². The Morgan fingerprint density at radius 2 is 1.85 bits per heavy atom. The van der Waals surface area contributed by atoms with Crippen LogP contribution < -0.4 is 11.1 Å². The minimum Gasteiger partial charge on any atom is -0.399 e. The van der Waals surface area contributed by atoms with E-state index in [0.29, 0.717) is 5.69 Å². The van der Waals surface area contributed by atoms with Crippen LogP contribution in [0, 0.1) is 10.1 Å². The summed E-state index contributed by atoms with van der Waals surface area (Å²) in [5, 5.41) is 13.5. The van der Waals surface area contributed by atoms with Gasteiger partial charge in [-0.1, -0.05) is 15.9 Å². The Labute approximate surface area is 122 Å². The van der Waals surface area contributed by atoms with Crippen LogP contribution in [0.1, 0.15) is 10.4 Å². The van der Waals surface area contributed by atoms with Crippen molar-refractivity contribution < 1.29 is 9.72 Å². The van der Waals surface area contributed by atoms with Crippen molar-refractivity contribution in [3.05, 3.63) is 62.6 Å². The lowest BCUT2D eigenvalue weighted by Gasteiger charge is -2.06. The fourth-order valence-electron chi connectivity index (χ4n) is 1.63. The number of halogens is 1. The number of benzene rings is 2. The van der Waals surface area contributed by atoms with Gasteiger partial charge in [0.2, 0.25) is 0 Å². The Morgan fingerprint density at radius 3 is 2.45 bits per heavy atom. The molecule has 0 aromatic heterocycles. The van der Waals surface area contributed by atoms with Crippen LogP contribution in [0.5, 0.6) is 0 Å². The first-order chi connectivity index (χ1) is 9.47. The van der Waals surface area contributed by atoms with Crippen molar-refractivity contribution in [2.45, 2.75) is 0 Å². The fourth-order valence-corrected chi connectivity index (χ4v) is 1.89. The smallest absolute Gasteiger partial charge is 0.282 e. The summed E-state index contributed by atoms with van der Waals surface area (Å²) in [4.78, 5) is 22.4. The average molecular weight is 336 g/mol. The summed E-state index contributed by atoms with van der Waals surface area (Å²) in [6, 6.07) is 10.7. The molecule has 0 saturated heterocycles. The van der Waals surface area contributed by atoms with E-state index < -0.39 is 10.8 Å². The number of nitrogen functional groups attached to an aromatic ring is 1. The van der Waals surface area contributed by atoms with Crippen LogP contribution in [0.3, 0.4) is 0 Å². The van der Waals surface area contributed by atoms with Gasteiger partial charge in [0.25, 0.3) is 11.6 Å². The van der Waals surface area contributed by atoms with Crippen molar-refractivity contribution in [1.29, 1.82) is 0 Å². The number of carbonyl (C=O) groups excluding carboxylic acids is 1. The van der Waals surface area contributed by atoms with Gasteiger partial charge in [-0.05, 0) is 36.4 Å². The first-order valence-electron chi connectivity index (χ1n) is 5.58. The zero-order valence-electron chi connectivity index (χ0n) is 10.2. The lowest BCUT2D eigenvalue weighted by Crippen LogP contribution is -2.14. The number of nitro benzene ring substituents is 1. The second-order valence-corrected chi connectivity index (χ2v) is 4.91. The number of nitrogens with two attached hydrogens (primary N) is 1. The van der Waals surface area contributed by atoms with Gasteiger partial charge in [0.15, 0.2) is 0 Å². The third-order valence-corrected chi connectivity index (χ3v) is 3.09. The molecule has 0 heterocycles. The topological polar surface area (TPSA) is 98.3 Å². The monoisotopic (exact) mass is 335 g/mol. The molecule has 7 heteroatoms. The molecule has 0 fully saturated rings. The fraction of sp³-hybridized carbons (Fsp3) is 0. The normalized spacial score (nSPS) is 10.1. The Bertz CT molecular complexity index is 671. The van der Waals surface area contributed by atoms with Crippen molar-refractivity contribution in [1.82, 2.24) is 0 Å². The number of nitro groups is 1. The molecule has 0 aliphatic heterocycles. The molecule has 2 aromatic rings. The second kappa shape index (κ2) is 5.70. The minimum absolute atomic E-state index is 0.0714. The number of anilines is 2. The number of rotatable bonds is 3. The molecule has 0 aliphatic carbocycles. The van der Waals surface area contributed by atoms with E-state index in [1.807, 2.05) is 0 Å². The van der Waals surface area contributed by atoms with E-state index in [2.05, 4.69) is 21.2 Å². The summed E-state index contributed by atoms with van der Waals surface area (Å²) >= 11 is 3.28. The minimum atomic E-state index is -0.615. The molecule has 2 rings (SSSR count). The molecule has 1 amide bonds. The highest BCUT2D eigenvalue weighted by atomic mass is 79.9. The van der Waals surface area contributed by atoms with Crippen molar-refractivity contribution in [2.24, 2.45) is 0 Å². The molecule has 0 spiro atoms. The SMILES string of the molecule is Nc1ccc([N+](=O)[O-])c(C(=O)Nc2ccc(Br)cc2)c1. The van der Waals surface area contributed by atoms with Crippen molar-refractivity contribution in [2.75, 3.05) is 11.1 Å². The third-order valence-electron chi connectivity index (χ3n) is 2.56. The molecule has 2 aromatic carbocycles. The van der Waals surface area contributed by atoms with Gasteiger partial charge in [-0.15, -0.1) is 0 Å². The standard InChI is InChI=1S/C13H10BrN3O3/c14-8-1-4-10(5-2-8)16-13(18)11-7-9(15)3-6-12(11)17(19)20/h1-7H,15H2,(H,16,18). The molecule has 3 N–H and O–H groups in total. The zero-order valence-corrected chi connectivity index (χ0v) is 11.8. The number of carbonyl (C=O) groups is 1.